The highest BCUT2D eigenvalue weighted by atomic mass is 32.1. The van der Waals surface area contributed by atoms with Gasteiger partial charge in [0.25, 0.3) is 0 Å². The van der Waals surface area contributed by atoms with Crippen molar-refractivity contribution < 1.29 is 14.3 Å². The predicted octanol–water partition coefficient (Wildman–Crippen LogP) is 2.24. The minimum absolute atomic E-state index is 0.367. The van der Waals surface area contributed by atoms with Gasteiger partial charge in [0.15, 0.2) is 0 Å². The standard InChI is InChI=1S/C11H13NO3S/c1-7(16)12-8-4-5-10(14-2)9(6-8)11(13)15-3/h4-6H,1-3H3,(H,12,16). The van der Waals surface area contributed by atoms with E-state index in [1.165, 1.54) is 14.2 Å². The van der Waals surface area contributed by atoms with Gasteiger partial charge in [-0.15, -0.1) is 0 Å². The van der Waals surface area contributed by atoms with E-state index >= 15 is 0 Å². The molecule has 4 nitrogen and oxygen atoms in total. The van der Waals surface area contributed by atoms with Crippen molar-refractivity contribution in [2.24, 2.45) is 0 Å². The maximum absolute atomic E-state index is 11.5. The molecule has 0 heterocycles. The van der Waals surface area contributed by atoms with Gasteiger partial charge < -0.3 is 14.8 Å². The summed E-state index contributed by atoms with van der Waals surface area (Å²) in [5.41, 5.74) is 1.10. The van der Waals surface area contributed by atoms with Crippen LogP contribution >= 0.6 is 12.2 Å². The van der Waals surface area contributed by atoms with Gasteiger partial charge in [-0.25, -0.2) is 4.79 Å². The largest absolute Gasteiger partial charge is 0.496 e. The number of esters is 1. The van der Waals surface area contributed by atoms with Crippen LogP contribution < -0.4 is 10.1 Å². The summed E-state index contributed by atoms with van der Waals surface area (Å²) in [6.45, 7) is 1.76. The minimum atomic E-state index is -0.442. The van der Waals surface area contributed by atoms with E-state index in [-0.39, 0.29) is 0 Å². The summed E-state index contributed by atoms with van der Waals surface area (Å²) < 4.78 is 9.73. The van der Waals surface area contributed by atoms with Crippen LogP contribution in [-0.4, -0.2) is 25.2 Å². The number of thiocarbonyl (C=S) groups is 1. The van der Waals surface area contributed by atoms with E-state index in [2.05, 4.69) is 10.1 Å². The highest BCUT2D eigenvalue weighted by Crippen LogP contribution is 2.23. The van der Waals surface area contributed by atoms with Crippen LogP contribution in [0.15, 0.2) is 18.2 Å². The number of rotatable bonds is 3. The van der Waals surface area contributed by atoms with Crippen molar-refractivity contribution in [3.63, 3.8) is 0 Å². The predicted molar refractivity (Wildman–Crippen MR) is 66.2 cm³/mol. The van der Waals surface area contributed by atoms with Crippen LogP contribution in [0.4, 0.5) is 5.69 Å². The summed E-state index contributed by atoms with van der Waals surface area (Å²) in [6.07, 6.45) is 0. The van der Waals surface area contributed by atoms with Crippen molar-refractivity contribution in [2.45, 2.75) is 6.92 Å². The second kappa shape index (κ2) is 5.46. The van der Waals surface area contributed by atoms with Gasteiger partial charge >= 0.3 is 5.97 Å². The number of ether oxygens (including phenoxy) is 2. The van der Waals surface area contributed by atoms with E-state index in [1.54, 1.807) is 25.1 Å². The molecular formula is C11H13NO3S. The Kier molecular flexibility index (Phi) is 4.25. The minimum Gasteiger partial charge on any atom is -0.496 e. The molecule has 0 aromatic heterocycles. The molecular weight excluding hydrogens is 226 g/mol. The summed E-state index contributed by atoms with van der Waals surface area (Å²) in [5.74, 6) is 0.0296. The van der Waals surface area contributed by atoms with Crippen LogP contribution in [0.5, 0.6) is 5.75 Å². The van der Waals surface area contributed by atoms with Gasteiger partial charge in [0.2, 0.25) is 0 Å². The van der Waals surface area contributed by atoms with Crippen molar-refractivity contribution in [1.82, 2.24) is 0 Å². The van der Waals surface area contributed by atoms with Gasteiger partial charge in [-0.05, 0) is 25.1 Å². The topological polar surface area (TPSA) is 47.6 Å². The van der Waals surface area contributed by atoms with Crippen LogP contribution in [-0.2, 0) is 4.74 Å². The Balaban J connectivity index is 3.10. The quantitative estimate of drug-likeness (QED) is 0.647. The Morgan fingerprint density at radius 1 is 1.38 bits per heavy atom. The molecule has 0 aliphatic heterocycles. The monoisotopic (exact) mass is 239 g/mol. The van der Waals surface area contributed by atoms with E-state index in [9.17, 15) is 4.79 Å². The number of carbonyl (C=O) groups is 1. The molecule has 1 aromatic carbocycles. The molecule has 0 aliphatic carbocycles. The molecule has 5 heteroatoms. The molecule has 1 rings (SSSR count). The molecule has 0 aliphatic rings. The number of methoxy groups -OCH3 is 2. The molecule has 0 spiro atoms. The number of benzene rings is 1. The second-order valence-corrected chi connectivity index (χ2v) is 3.70. The van der Waals surface area contributed by atoms with Gasteiger partial charge in [-0.1, -0.05) is 12.2 Å². The zero-order valence-electron chi connectivity index (χ0n) is 9.37. The third-order valence-electron chi connectivity index (χ3n) is 1.93. The zero-order chi connectivity index (χ0) is 12.1. The Bertz CT molecular complexity index is 418. The van der Waals surface area contributed by atoms with E-state index in [0.29, 0.717) is 16.3 Å². The number of anilines is 1. The van der Waals surface area contributed by atoms with Gasteiger partial charge in [0, 0.05) is 5.69 Å². The zero-order valence-corrected chi connectivity index (χ0v) is 10.2. The lowest BCUT2D eigenvalue weighted by Gasteiger charge is -2.10. The highest BCUT2D eigenvalue weighted by Gasteiger charge is 2.13. The lowest BCUT2D eigenvalue weighted by Crippen LogP contribution is -2.07. The number of carbonyl (C=O) groups excluding carboxylic acids is 1. The molecule has 0 fully saturated rings. The van der Waals surface area contributed by atoms with Crippen LogP contribution in [0.1, 0.15) is 17.3 Å². The fraction of sp³-hybridized carbons (Fsp3) is 0.273. The van der Waals surface area contributed by atoms with E-state index in [4.69, 9.17) is 17.0 Å². The normalized spacial score (nSPS) is 9.44. The summed E-state index contributed by atoms with van der Waals surface area (Å²) in [6, 6.07) is 5.11. The smallest absolute Gasteiger partial charge is 0.341 e. The van der Waals surface area contributed by atoms with E-state index in [1.807, 2.05) is 0 Å². The van der Waals surface area contributed by atoms with Crippen LogP contribution in [0.3, 0.4) is 0 Å². The Hall–Kier alpha value is -1.62. The fourth-order valence-corrected chi connectivity index (χ4v) is 1.38. The van der Waals surface area contributed by atoms with Crippen molar-refractivity contribution >= 4 is 28.9 Å². The van der Waals surface area contributed by atoms with Gasteiger partial charge in [-0.3, -0.25) is 0 Å². The second-order valence-electron chi connectivity index (χ2n) is 3.09. The molecule has 0 amide bonds. The highest BCUT2D eigenvalue weighted by molar-refractivity contribution is 7.80. The van der Waals surface area contributed by atoms with Gasteiger partial charge in [0.05, 0.1) is 19.2 Å². The molecule has 0 atom stereocenters. The van der Waals surface area contributed by atoms with E-state index < -0.39 is 5.97 Å². The van der Waals surface area contributed by atoms with E-state index in [0.717, 1.165) is 5.69 Å². The van der Waals surface area contributed by atoms with Crippen LogP contribution in [0, 0.1) is 0 Å². The Morgan fingerprint density at radius 3 is 2.56 bits per heavy atom. The lowest BCUT2D eigenvalue weighted by atomic mass is 10.1. The first-order valence-corrected chi connectivity index (χ1v) is 5.03. The van der Waals surface area contributed by atoms with Gasteiger partial charge in [0.1, 0.15) is 11.3 Å². The first kappa shape index (κ1) is 12.4. The SMILES string of the molecule is COC(=O)c1cc(NC(C)=S)ccc1OC. The van der Waals surface area contributed by atoms with Crippen molar-refractivity contribution in [2.75, 3.05) is 19.5 Å². The Labute approximate surface area is 99.6 Å². The average molecular weight is 239 g/mol. The average Bonchev–Trinajstić information content (AvgIpc) is 2.27. The maximum Gasteiger partial charge on any atom is 0.341 e. The first-order chi connectivity index (χ1) is 7.58. The van der Waals surface area contributed by atoms with Crippen LogP contribution in [0.2, 0.25) is 0 Å². The molecule has 1 N–H and O–H groups in total. The molecule has 0 bridgehead atoms. The molecule has 1 aromatic rings. The molecule has 0 radical (unpaired) electrons. The number of hydrogen-bond donors (Lipinski definition) is 1. The van der Waals surface area contributed by atoms with Crippen molar-refractivity contribution in [3.8, 4) is 5.75 Å². The maximum atomic E-state index is 11.5. The summed E-state index contributed by atoms with van der Waals surface area (Å²) in [4.78, 5) is 12.1. The molecule has 0 unspecified atom stereocenters. The molecule has 16 heavy (non-hydrogen) atoms. The van der Waals surface area contributed by atoms with Crippen molar-refractivity contribution in [3.05, 3.63) is 23.8 Å². The third kappa shape index (κ3) is 2.93. The summed E-state index contributed by atoms with van der Waals surface area (Å²) in [5, 5.41) is 2.94. The molecule has 0 saturated heterocycles. The number of nitrogens with one attached hydrogen (secondary N) is 1. The number of hydrogen-bond acceptors (Lipinski definition) is 4. The van der Waals surface area contributed by atoms with Crippen LogP contribution in [0.25, 0.3) is 0 Å². The van der Waals surface area contributed by atoms with Gasteiger partial charge in [-0.2, -0.15) is 0 Å². The first-order valence-electron chi connectivity index (χ1n) is 4.62. The summed E-state index contributed by atoms with van der Waals surface area (Å²) in [7, 11) is 2.83. The molecule has 0 saturated carbocycles. The molecule has 86 valence electrons. The summed E-state index contributed by atoms with van der Waals surface area (Å²) >= 11 is 4.92. The third-order valence-corrected chi connectivity index (χ3v) is 2.03. The Morgan fingerprint density at radius 2 is 2.06 bits per heavy atom. The fourth-order valence-electron chi connectivity index (χ4n) is 1.26. The lowest BCUT2D eigenvalue weighted by molar-refractivity contribution is 0.0597. The van der Waals surface area contributed by atoms with Crippen molar-refractivity contribution in [1.29, 1.82) is 0 Å².